The van der Waals surface area contributed by atoms with Crippen LogP contribution in [0.2, 0.25) is 5.02 Å². The van der Waals surface area contributed by atoms with E-state index < -0.39 is 27.9 Å². The first-order chi connectivity index (χ1) is 15.4. The maximum atomic E-state index is 13.2. The smallest absolute Gasteiger partial charge is 0.332 e. The third kappa shape index (κ3) is 7.17. The van der Waals surface area contributed by atoms with Gasteiger partial charge in [-0.25, -0.2) is 22.6 Å². The van der Waals surface area contributed by atoms with Gasteiger partial charge < -0.3 is 10.6 Å². The van der Waals surface area contributed by atoms with Crippen LogP contribution in [0.15, 0.2) is 48.7 Å². The fourth-order valence-electron chi connectivity index (χ4n) is 2.67. The Bertz CT molecular complexity index is 1250. The monoisotopic (exact) mass is 502 g/mol. The van der Waals surface area contributed by atoms with Crippen molar-refractivity contribution in [1.29, 1.82) is 0 Å². The van der Waals surface area contributed by atoms with Crippen molar-refractivity contribution in [2.75, 3.05) is 11.6 Å². The maximum absolute atomic E-state index is 13.2. The van der Waals surface area contributed by atoms with Crippen LogP contribution in [-0.4, -0.2) is 35.5 Å². The number of urea groups is 1. The Hall–Kier alpha value is -3.16. The van der Waals surface area contributed by atoms with Gasteiger partial charge in [0.1, 0.15) is 0 Å². The summed E-state index contributed by atoms with van der Waals surface area (Å²) in [5.41, 5.74) is 0.00589. The number of hydrogen-bond donors (Lipinski definition) is 3. The summed E-state index contributed by atoms with van der Waals surface area (Å²) in [6.45, 7) is -0.272. The molecule has 0 aliphatic rings. The lowest BCUT2D eigenvalue weighted by Gasteiger charge is -2.10. The second kappa shape index (κ2) is 9.77. The van der Waals surface area contributed by atoms with Crippen LogP contribution in [-0.2, 0) is 29.3 Å². The summed E-state index contributed by atoms with van der Waals surface area (Å²) in [7, 11) is -3.37. The van der Waals surface area contributed by atoms with Crippen molar-refractivity contribution in [2.45, 2.75) is 19.3 Å². The van der Waals surface area contributed by atoms with Crippen molar-refractivity contribution in [3.05, 3.63) is 70.8 Å². The molecule has 0 spiro atoms. The highest BCUT2D eigenvalue weighted by Crippen LogP contribution is 2.30. The molecule has 0 unspecified atom stereocenters. The van der Waals surface area contributed by atoms with E-state index >= 15 is 0 Å². The minimum Gasteiger partial charge on any atom is -0.332 e. The summed E-state index contributed by atoms with van der Waals surface area (Å²) < 4.78 is 65.1. The number of hydrogen-bond acceptors (Lipinski definition) is 5. The van der Waals surface area contributed by atoms with E-state index in [1.165, 1.54) is 30.5 Å². The predicted octanol–water partition coefficient (Wildman–Crippen LogP) is 3.31. The Morgan fingerprint density at radius 3 is 2.52 bits per heavy atom. The molecule has 0 saturated carbocycles. The molecule has 33 heavy (non-hydrogen) atoms. The average Bonchev–Trinajstić information content (AvgIpc) is 3.16. The zero-order valence-electron chi connectivity index (χ0n) is 17.0. The SMILES string of the molecule is CS(=O)(=O)NCc1ccc(NC(=O)NCc2cc(C(F)(F)F)nn2-c2cccc(Cl)c2)cn1. The third-order valence-corrected chi connectivity index (χ3v) is 5.06. The molecular weight excluding hydrogens is 485 g/mol. The summed E-state index contributed by atoms with van der Waals surface area (Å²) in [5.74, 6) is 0. The highest BCUT2D eigenvalue weighted by atomic mass is 35.5. The molecule has 3 aromatic rings. The van der Waals surface area contributed by atoms with Crippen LogP contribution in [0.4, 0.5) is 23.7 Å². The highest BCUT2D eigenvalue weighted by Gasteiger charge is 2.35. The van der Waals surface area contributed by atoms with E-state index in [-0.39, 0.29) is 18.8 Å². The molecule has 0 atom stereocenters. The van der Waals surface area contributed by atoms with Gasteiger partial charge >= 0.3 is 12.2 Å². The Balaban J connectivity index is 1.68. The number of carbonyl (C=O) groups excluding carboxylic acids is 1. The number of aromatic nitrogens is 3. The van der Waals surface area contributed by atoms with Gasteiger partial charge in [0.25, 0.3) is 0 Å². The number of pyridine rings is 1. The normalized spacial score (nSPS) is 11.9. The topological polar surface area (TPSA) is 118 Å². The van der Waals surface area contributed by atoms with Crippen LogP contribution in [0, 0.1) is 0 Å². The molecule has 0 saturated heterocycles. The number of rotatable bonds is 7. The predicted molar refractivity (Wildman–Crippen MR) is 115 cm³/mol. The number of nitrogens with zero attached hydrogens (tertiary/aromatic N) is 3. The largest absolute Gasteiger partial charge is 0.435 e. The van der Waals surface area contributed by atoms with Crippen molar-refractivity contribution >= 4 is 33.3 Å². The number of nitrogens with one attached hydrogen (secondary N) is 3. The van der Waals surface area contributed by atoms with Gasteiger partial charge in [-0.1, -0.05) is 17.7 Å². The van der Waals surface area contributed by atoms with Crippen LogP contribution in [0.3, 0.4) is 0 Å². The summed E-state index contributed by atoms with van der Waals surface area (Å²) in [6.07, 6.45) is -2.33. The number of anilines is 1. The molecule has 0 bridgehead atoms. The van der Waals surface area contributed by atoms with Crippen molar-refractivity contribution in [3.8, 4) is 5.69 Å². The fraction of sp³-hybridized carbons (Fsp3) is 0.211. The van der Waals surface area contributed by atoms with Gasteiger partial charge in [0.15, 0.2) is 5.69 Å². The first-order valence-corrected chi connectivity index (χ1v) is 11.5. The summed E-state index contributed by atoms with van der Waals surface area (Å²) >= 11 is 5.93. The Kier molecular flexibility index (Phi) is 7.25. The molecule has 3 rings (SSSR count). The summed E-state index contributed by atoms with van der Waals surface area (Å²) in [5, 5.41) is 8.88. The summed E-state index contributed by atoms with van der Waals surface area (Å²) in [4.78, 5) is 16.2. The number of carbonyl (C=O) groups is 1. The number of amides is 2. The molecule has 0 fully saturated rings. The molecule has 0 aliphatic carbocycles. The van der Waals surface area contributed by atoms with Crippen LogP contribution in [0.25, 0.3) is 5.69 Å². The third-order valence-electron chi connectivity index (χ3n) is 4.15. The second-order valence-electron chi connectivity index (χ2n) is 6.85. The zero-order valence-corrected chi connectivity index (χ0v) is 18.6. The Morgan fingerprint density at radius 2 is 1.91 bits per heavy atom. The van der Waals surface area contributed by atoms with Gasteiger partial charge in [-0.15, -0.1) is 0 Å². The Labute approximate surface area is 192 Å². The Morgan fingerprint density at radius 1 is 1.15 bits per heavy atom. The van der Waals surface area contributed by atoms with Crippen molar-refractivity contribution in [1.82, 2.24) is 24.8 Å². The van der Waals surface area contributed by atoms with E-state index in [0.29, 0.717) is 22.1 Å². The average molecular weight is 503 g/mol. The van der Waals surface area contributed by atoms with Crippen LogP contribution in [0.1, 0.15) is 17.1 Å². The van der Waals surface area contributed by atoms with Crippen LogP contribution in [0.5, 0.6) is 0 Å². The van der Waals surface area contributed by atoms with Crippen molar-refractivity contribution < 1.29 is 26.4 Å². The number of halogens is 4. The molecule has 3 N–H and O–H groups in total. The minimum atomic E-state index is -4.67. The van der Waals surface area contributed by atoms with E-state index in [4.69, 9.17) is 11.6 Å². The highest BCUT2D eigenvalue weighted by molar-refractivity contribution is 7.88. The van der Waals surface area contributed by atoms with Gasteiger partial charge in [-0.05, 0) is 36.4 Å². The molecule has 2 heterocycles. The lowest BCUT2D eigenvalue weighted by Crippen LogP contribution is -2.29. The quantitative estimate of drug-likeness (QED) is 0.458. The molecule has 14 heteroatoms. The van der Waals surface area contributed by atoms with Gasteiger partial charge in [0.05, 0.1) is 48.3 Å². The lowest BCUT2D eigenvalue weighted by molar-refractivity contribution is -0.141. The molecular formula is C19H18ClF3N6O3S. The zero-order chi connectivity index (χ0) is 24.2. The summed E-state index contributed by atoms with van der Waals surface area (Å²) in [6, 6.07) is 9.29. The standard InChI is InChI=1S/C19H18ClF3N6O3S/c1-33(31,32)26-10-13-5-6-14(9-24-13)27-18(30)25-11-16-8-17(19(21,22)23)28-29(16)15-4-2-3-12(20)7-15/h2-9,26H,10-11H2,1H3,(H2,25,27,30). The minimum absolute atomic E-state index is 0.0136. The maximum Gasteiger partial charge on any atom is 0.435 e. The van der Waals surface area contributed by atoms with Gasteiger partial charge in [0, 0.05) is 5.02 Å². The van der Waals surface area contributed by atoms with Gasteiger partial charge in [-0.3, -0.25) is 4.98 Å². The fourth-order valence-corrected chi connectivity index (χ4v) is 3.26. The van der Waals surface area contributed by atoms with Gasteiger partial charge in [0.2, 0.25) is 10.0 Å². The first-order valence-electron chi connectivity index (χ1n) is 9.27. The number of sulfonamides is 1. The van der Waals surface area contributed by atoms with E-state index in [2.05, 4.69) is 25.4 Å². The lowest BCUT2D eigenvalue weighted by atomic mass is 10.3. The van der Waals surface area contributed by atoms with E-state index in [9.17, 15) is 26.4 Å². The molecule has 2 amide bonds. The molecule has 9 nitrogen and oxygen atoms in total. The van der Waals surface area contributed by atoms with Crippen LogP contribution >= 0.6 is 11.6 Å². The first kappa shape index (κ1) is 24.5. The van der Waals surface area contributed by atoms with E-state index in [1.807, 2.05) is 0 Å². The molecule has 1 aromatic carbocycles. The molecule has 176 valence electrons. The van der Waals surface area contributed by atoms with E-state index in [1.54, 1.807) is 12.1 Å². The van der Waals surface area contributed by atoms with Crippen molar-refractivity contribution in [3.63, 3.8) is 0 Å². The molecule has 2 aromatic heterocycles. The number of benzene rings is 1. The molecule has 0 radical (unpaired) electrons. The van der Waals surface area contributed by atoms with Gasteiger partial charge in [-0.2, -0.15) is 18.3 Å². The number of alkyl halides is 3. The molecule has 0 aliphatic heterocycles. The van der Waals surface area contributed by atoms with Crippen molar-refractivity contribution in [2.24, 2.45) is 0 Å². The second-order valence-corrected chi connectivity index (χ2v) is 9.12. The van der Waals surface area contributed by atoms with Crippen LogP contribution < -0.4 is 15.4 Å². The van der Waals surface area contributed by atoms with E-state index in [0.717, 1.165) is 17.0 Å².